The van der Waals surface area contributed by atoms with Crippen molar-refractivity contribution in [1.29, 1.82) is 0 Å². The van der Waals surface area contributed by atoms with Crippen LogP contribution in [0.25, 0.3) is 0 Å². The van der Waals surface area contributed by atoms with E-state index in [1.54, 1.807) is 0 Å². The lowest BCUT2D eigenvalue weighted by Gasteiger charge is -2.44. The molecule has 0 aromatic heterocycles. The molecule has 0 spiro atoms. The van der Waals surface area contributed by atoms with Crippen molar-refractivity contribution in [3.63, 3.8) is 0 Å². The molecule has 0 aliphatic heterocycles. The monoisotopic (exact) mass is 354 g/mol. The molecule has 1 aliphatic carbocycles. The molecule has 3 nitrogen and oxygen atoms in total. The molecule has 0 radical (unpaired) electrons. The van der Waals surface area contributed by atoms with Gasteiger partial charge >= 0.3 is 0 Å². The van der Waals surface area contributed by atoms with E-state index >= 15 is 0 Å². The first kappa shape index (κ1) is 18.1. The van der Waals surface area contributed by atoms with Gasteiger partial charge in [-0.1, -0.05) is 81.4 Å². The van der Waals surface area contributed by atoms with Gasteiger partial charge in [0.05, 0.1) is 6.10 Å². The number of aliphatic hydroxyl groups excluding tert-OH is 1. The van der Waals surface area contributed by atoms with Crippen molar-refractivity contribution in [3.8, 4) is 0 Å². The molecule has 2 atom stereocenters. The standard InChI is InChI=1S/C21H26O3Si/c1-21(2,3)25(17-10-6-4-7-11-17,18-12-8-5-9-13-18)24-16-14-19(22)20(23)15-16/h4-13,16,19,22H,14-15H2,1-3H3. The Bertz CT molecular complexity index is 682. The van der Waals surface area contributed by atoms with Crippen molar-refractivity contribution in [2.75, 3.05) is 0 Å². The minimum absolute atomic E-state index is 0.108. The molecule has 25 heavy (non-hydrogen) atoms. The molecule has 2 aromatic rings. The summed E-state index contributed by atoms with van der Waals surface area (Å²) < 4.78 is 6.83. The smallest absolute Gasteiger partial charge is 0.261 e. The quantitative estimate of drug-likeness (QED) is 0.859. The predicted octanol–water partition coefficient (Wildman–Crippen LogP) is 2.66. The molecule has 2 unspecified atom stereocenters. The molecule has 132 valence electrons. The second-order valence-corrected chi connectivity index (χ2v) is 12.1. The molecule has 1 N–H and O–H groups in total. The zero-order chi connectivity index (χ0) is 18.1. The van der Waals surface area contributed by atoms with E-state index in [4.69, 9.17) is 4.43 Å². The Kier molecular flexibility index (Phi) is 4.96. The van der Waals surface area contributed by atoms with Crippen LogP contribution < -0.4 is 10.4 Å². The van der Waals surface area contributed by atoms with Crippen LogP contribution in [-0.4, -0.2) is 31.4 Å². The lowest BCUT2D eigenvalue weighted by Crippen LogP contribution is -2.67. The number of Topliss-reactive ketones (excluding diaryl/α,β-unsaturated/α-hetero) is 1. The summed E-state index contributed by atoms with van der Waals surface area (Å²) >= 11 is 0. The minimum atomic E-state index is -2.64. The molecule has 1 fully saturated rings. The van der Waals surface area contributed by atoms with Gasteiger partial charge in [-0.05, 0) is 15.4 Å². The molecule has 4 heteroatoms. The zero-order valence-corrected chi connectivity index (χ0v) is 16.1. The third kappa shape index (κ3) is 3.34. The maximum Gasteiger partial charge on any atom is 0.261 e. The van der Waals surface area contributed by atoms with Crippen LogP contribution in [0.15, 0.2) is 60.7 Å². The molecule has 3 rings (SSSR count). The number of carbonyl (C=O) groups is 1. The van der Waals surface area contributed by atoms with E-state index in [1.165, 1.54) is 10.4 Å². The number of hydrogen-bond acceptors (Lipinski definition) is 3. The summed E-state index contributed by atoms with van der Waals surface area (Å²) in [5, 5.41) is 12.2. The number of carbonyl (C=O) groups excluding carboxylic acids is 1. The average molecular weight is 355 g/mol. The van der Waals surface area contributed by atoms with E-state index in [1.807, 2.05) is 36.4 Å². The van der Waals surface area contributed by atoms with Crippen LogP contribution in [0.3, 0.4) is 0 Å². The van der Waals surface area contributed by atoms with Gasteiger partial charge < -0.3 is 9.53 Å². The predicted molar refractivity (Wildman–Crippen MR) is 103 cm³/mol. The Labute approximate surface area is 150 Å². The van der Waals surface area contributed by atoms with Gasteiger partial charge in [0.2, 0.25) is 0 Å². The van der Waals surface area contributed by atoms with Gasteiger partial charge in [-0.25, -0.2) is 0 Å². The van der Waals surface area contributed by atoms with Crippen molar-refractivity contribution in [3.05, 3.63) is 60.7 Å². The maximum atomic E-state index is 11.9. The Morgan fingerprint density at radius 1 is 0.960 bits per heavy atom. The first-order valence-electron chi connectivity index (χ1n) is 8.84. The van der Waals surface area contributed by atoms with Crippen molar-refractivity contribution in [2.45, 2.75) is 50.9 Å². The van der Waals surface area contributed by atoms with Gasteiger partial charge in [0.25, 0.3) is 8.32 Å². The summed E-state index contributed by atoms with van der Waals surface area (Å²) in [4.78, 5) is 11.9. The fourth-order valence-corrected chi connectivity index (χ4v) is 8.55. The molecule has 0 bridgehead atoms. The SMILES string of the molecule is CC(C)(C)[Si](OC1CC(=O)C(O)C1)(c1ccccc1)c1ccccc1. The van der Waals surface area contributed by atoms with E-state index in [2.05, 4.69) is 45.0 Å². The summed E-state index contributed by atoms with van der Waals surface area (Å²) in [6, 6.07) is 20.8. The summed E-state index contributed by atoms with van der Waals surface area (Å²) in [5.74, 6) is -0.108. The van der Waals surface area contributed by atoms with Crippen molar-refractivity contribution >= 4 is 24.5 Å². The minimum Gasteiger partial charge on any atom is -0.404 e. The molecule has 2 aromatic carbocycles. The van der Waals surface area contributed by atoms with Crippen LogP contribution in [0.2, 0.25) is 5.04 Å². The van der Waals surface area contributed by atoms with Crippen LogP contribution in [0.5, 0.6) is 0 Å². The number of hydrogen-bond donors (Lipinski definition) is 1. The van der Waals surface area contributed by atoms with Crippen molar-refractivity contribution < 1.29 is 14.3 Å². The van der Waals surface area contributed by atoms with Crippen LogP contribution in [0, 0.1) is 0 Å². The molecule has 0 saturated heterocycles. The van der Waals surface area contributed by atoms with Gasteiger partial charge in [0, 0.05) is 12.8 Å². The highest BCUT2D eigenvalue weighted by molar-refractivity contribution is 6.99. The molecular weight excluding hydrogens is 328 g/mol. The molecule has 1 aliphatic rings. The topological polar surface area (TPSA) is 46.5 Å². The van der Waals surface area contributed by atoms with Crippen LogP contribution >= 0.6 is 0 Å². The Hall–Kier alpha value is -1.75. The van der Waals surface area contributed by atoms with E-state index in [0.717, 1.165) is 0 Å². The third-order valence-electron chi connectivity index (χ3n) is 5.05. The number of benzene rings is 2. The van der Waals surface area contributed by atoms with Gasteiger partial charge in [0.1, 0.15) is 6.10 Å². The van der Waals surface area contributed by atoms with Gasteiger partial charge in [-0.2, -0.15) is 0 Å². The summed E-state index contributed by atoms with van der Waals surface area (Å²) in [5.41, 5.74) is 0. The zero-order valence-electron chi connectivity index (χ0n) is 15.1. The second-order valence-electron chi connectivity index (χ2n) is 7.83. The largest absolute Gasteiger partial charge is 0.404 e. The Balaban J connectivity index is 2.14. The Morgan fingerprint density at radius 3 is 1.80 bits per heavy atom. The maximum absolute atomic E-state index is 11.9. The van der Waals surface area contributed by atoms with Gasteiger partial charge in [0.15, 0.2) is 5.78 Å². The van der Waals surface area contributed by atoms with Crippen molar-refractivity contribution in [1.82, 2.24) is 0 Å². The fraction of sp³-hybridized carbons (Fsp3) is 0.381. The summed E-state index contributed by atoms with van der Waals surface area (Å²) in [6.07, 6.45) is -0.424. The highest BCUT2D eigenvalue weighted by atomic mass is 28.4. The van der Waals surface area contributed by atoms with E-state index < -0.39 is 14.4 Å². The van der Waals surface area contributed by atoms with Crippen molar-refractivity contribution in [2.24, 2.45) is 0 Å². The number of aliphatic hydroxyl groups is 1. The Morgan fingerprint density at radius 2 is 1.44 bits per heavy atom. The van der Waals surface area contributed by atoms with Crippen LogP contribution in [0.1, 0.15) is 33.6 Å². The summed E-state index contributed by atoms with van der Waals surface area (Å²) in [7, 11) is -2.64. The van der Waals surface area contributed by atoms with E-state index in [-0.39, 0.29) is 16.9 Å². The molecule has 1 saturated carbocycles. The first-order chi connectivity index (χ1) is 11.8. The lowest BCUT2D eigenvalue weighted by atomic mass is 10.2. The summed E-state index contributed by atoms with van der Waals surface area (Å²) in [6.45, 7) is 6.64. The average Bonchev–Trinajstić information content (AvgIpc) is 2.91. The molecule has 0 amide bonds. The fourth-order valence-electron chi connectivity index (χ4n) is 3.86. The highest BCUT2D eigenvalue weighted by Gasteiger charge is 2.52. The van der Waals surface area contributed by atoms with E-state index in [9.17, 15) is 9.90 Å². The first-order valence-corrected chi connectivity index (χ1v) is 10.7. The third-order valence-corrected chi connectivity index (χ3v) is 10.1. The van der Waals surface area contributed by atoms with Gasteiger partial charge in [-0.3, -0.25) is 4.79 Å². The van der Waals surface area contributed by atoms with Crippen LogP contribution in [0.4, 0.5) is 0 Å². The second kappa shape index (κ2) is 6.87. The van der Waals surface area contributed by atoms with Crippen LogP contribution in [-0.2, 0) is 9.22 Å². The normalized spacial score (nSPS) is 21.5. The lowest BCUT2D eigenvalue weighted by molar-refractivity contribution is -0.124. The molecular formula is C21H26O3Si. The molecule has 0 heterocycles. The van der Waals surface area contributed by atoms with Gasteiger partial charge in [-0.15, -0.1) is 0 Å². The van der Waals surface area contributed by atoms with E-state index in [0.29, 0.717) is 12.8 Å². The number of ketones is 1. The highest BCUT2D eigenvalue weighted by Crippen LogP contribution is 2.39. The number of rotatable bonds is 4.